The first-order valence-corrected chi connectivity index (χ1v) is 14.3. The van der Waals surface area contributed by atoms with Crippen LogP contribution in [-0.4, -0.2) is 27.4 Å². The molecule has 2 saturated carbocycles. The third kappa shape index (κ3) is 1.81. The van der Waals surface area contributed by atoms with E-state index in [9.17, 15) is 5.11 Å². The lowest BCUT2D eigenvalue weighted by Gasteiger charge is -2.33. The van der Waals surface area contributed by atoms with Crippen LogP contribution in [0.1, 0.15) is 20.3 Å². The molecule has 0 aromatic rings. The maximum absolute atomic E-state index is 10.8. The maximum atomic E-state index is 10.8. The summed E-state index contributed by atoms with van der Waals surface area (Å²) in [4.78, 5) is 0. The van der Waals surface area contributed by atoms with Crippen molar-refractivity contribution >= 4 is 16.1 Å². The van der Waals surface area contributed by atoms with Crippen LogP contribution < -0.4 is 0 Å². The molecule has 3 atom stereocenters. The van der Waals surface area contributed by atoms with E-state index in [0.29, 0.717) is 5.04 Å². The fraction of sp³-hybridized carbons (Fsp3) is 0.867. The second-order valence-corrected chi connectivity index (χ2v) is 19.6. The highest BCUT2D eigenvalue weighted by Gasteiger charge is 2.75. The van der Waals surface area contributed by atoms with E-state index in [0.717, 1.165) is 5.92 Å². The first-order valence-electron chi connectivity index (χ1n) is 7.25. The smallest absolute Gasteiger partial charge is 0.0802 e. The molecule has 18 heavy (non-hydrogen) atoms. The van der Waals surface area contributed by atoms with Gasteiger partial charge in [0.05, 0.1) is 22.3 Å². The molecule has 2 aliphatic carbocycles. The number of hydrogen-bond acceptors (Lipinski definition) is 1. The molecule has 0 spiro atoms. The molecule has 0 aliphatic heterocycles. The Hall–Kier alpha value is 0.134. The summed E-state index contributed by atoms with van der Waals surface area (Å²) in [6.45, 7) is 19.1. The van der Waals surface area contributed by atoms with Gasteiger partial charge in [-0.2, -0.15) is 0 Å². The second kappa shape index (κ2) is 3.61. The van der Waals surface area contributed by atoms with Gasteiger partial charge in [-0.05, 0) is 28.4 Å². The minimum Gasteiger partial charge on any atom is -0.388 e. The molecule has 3 heteroatoms. The molecule has 1 N–H and O–H groups in total. The van der Waals surface area contributed by atoms with Gasteiger partial charge in [-0.25, -0.2) is 0 Å². The summed E-state index contributed by atoms with van der Waals surface area (Å²) >= 11 is 0. The zero-order valence-electron chi connectivity index (χ0n) is 13.4. The van der Waals surface area contributed by atoms with Crippen LogP contribution in [0.3, 0.4) is 0 Å². The van der Waals surface area contributed by atoms with E-state index < -0.39 is 16.1 Å². The summed E-state index contributed by atoms with van der Waals surface area (Å²) in [5, 5.41) is 11.2. The number of rotatable bonds is 2. The number of fused-ring (bicyclic) bond motifs is 1. The highest BCUT2D eigenvalue weighted by molar-refractivity contribution is 6.83. The number of hydrogen-bond donors (Lipinski definition) is 1. The van der Waals surface area contributed by atoms with Crippen LogP contribution in [0.5, 0.6) is 0 Å². The van der Waals surface area contributed by atoms with E-state index in [-0.39, 0.29) is 11.5 Å². The van der Waals surface area contributed by atoms with Gasteiger partial charge in [-0.1, -0.05) is 58.8 Å². The van der Waals surface area contributed by atoms with E-state index in [1.807, 2.05) is 0 Å². The zero-order chi connectivity index (χ0) is 14.1. The van der Waals surface area contributed by atoms with E-state index in [4.69, 9.17) is 0 Å². The van der Waals surface area contributed by atoms with Crippen LogP contribution in [0.15, 0.2) is 11.3 Å². The molecule has 0 saturated heterocycles. The molecule has 0 radical (unpaired) electrons. The van der Waals surface area contributed by atoms with Crippen LogP contribution in [-0.2, 0) is 0 Å². The lowest BCUT2D eigenvalue weighted by molar-refractivity contribution is 0.0838. The van der Waals surface area contributed by atoms with Crippen LogP contribution in [0.4, 0.5) is 0 Å². The van der Waals surface area contributed by atoms with Crippen LogP contribution in [0.2, 0.25) is 44.3 Å². The normalized spacial score (nSPS) is 41.1. The van der Waals surface area contributed by atoms with Gasteiger partial charge in [0.15, 0.2) is 0 Å². The van der Waals surface area contributed by atoms with Crippen molar-refractivity contribution in [1.82, 2.24) is 0 Å². The molecular formula is C15H30OSi2. The summed E-state index contributed by atoms with van der Waals surface area (Å²) in [6.07, 6.45) is 1.14. The summed E-state index contributed by atoms with van der Waals surface area (Å²) < 4.78 is 0. The highest BCUT2D eigenvalue weighted by Crippen LogP contribution is 2.82. The molecule has 2 rings (SSSR count). The van der Waals surface area contributed by atoms with E-state index in [1.54, 1.807) is 0 Å². The zero-order valence-corrected chi connectivity index (χ0v) is 15.4. The maximum Gasteiger partial charge on any atom is 0.0802 e. The van der Waals surface area contributed by atoms with Gasteiger partial charge in [0.1, 0.15) is 0 Å². The molecule has 0 aromatic heterocycles. The Labute approximate surface area is 115 Å². The van der Waals surface area contributed by atoms with E-state index >= 15 is 0 Å². The highest BCUT2D eigenvalue weighted by atomic mass is 28.3. The average Bonchev–Trinajstić information content (AvgIpc) is 2.82. The Bertz CT molecular complexity index is 398. The predicted octanol–water partition coefficient (Wildman–Crippen LogP) is 4.29. The Kier molecular flexibility index (Phi) is 2.92. The molecule has 0 unspecified atom stereocenters. The lowest BCUT2D eigenvalue weighted by atomic mass is 9.84. The van der Waals surface area contributed by atoms with Crippen molar-refractivity contribution in [3.8, 4) is 0 Å². The van der Waals surface area contributed by atoms with Gasteiger partial charge in [-0.3, -0.25) is 0 Å². The standard InChI is InChI=1S/C15H30OSi2/c1-14(2)12-9-15(12,18(6,7)8)11(13(14)16)10-17(3,4)5/h10,12-13,16H,9H2,1-8H3/b11-10+/t12-,13-,15-/m1/s1. The lowest BCUT2D eigenvalue weighted by Crippen LogP contribution is -2.35. The summed E-state index contributed by atoms with van der Waals surface area (Å²) in [7, 11) is -2.54. The summed E-state index contributed by atoms with van der Waals surface area (Å²) in [6, 6.07) is 0. The molecule has 0 aromatic carbocycles. The fourth-order valence-electron chi connectivity index (χ4n) is 4.25. The third-order valence-electron chi connectivity index (χ3n) is 5.30. The third-order valence-corrected chi connectivity index (χ3v) is 10.00. The minimum absolute atomic E-state index is 0.0891. The number of aliphatic hydroxyl groups excluding tert-OH is 1. The van der Waals surface area contributed by atoms with Crippen molar-refractivity contribution in [2.45, 2.75) is 70.7 Å². The van der Waals surface area contributed by atoms with Crippen LogP contribution in [0, 0.1) is 11.3 Å². The SMILES string of the molecule is CC1(C)[C@H](O)/C(=C\[Si](C)(C)C)[C@]2([Si](C)(C)C)C[C@H]12. The van der Waals surface area contributed by atoms with Crippen LogP contribution in [0.25, 0.3) is 0 Å². The number of aliphatic hydroxyl groups is 1. The van der Waals surface area contributed by atoms with Crippen molar-refractivity contribution in [2.24, 2.45) is 11.3 Å². The van der Waals surface area contributed by atoms with Gasteiger partial charge in [0.2, 0.25) is 0 Å². The molecular weight excluding hydrogens is 252 g/mol. The van der Waals surface area contributed by atoms with Crippen molar-refractivity contribution in [3.05, 3.63) is 11.3 Å². The van der Waals surface area contributed by atoms with Gasteiger partial charge < -0.3 is 5.11 Å². The molecule has 2 aliphatic rings. The average molecular weight is 283 g/mol. The second-order valence-electron chi connectivity index (χ2n) is 9.17. The fourth-order valence-corrected chi connectivity index (χ4v) is 9.05. The molecule has 0 heterocycles. The van der Waals surface area contributed by atoms with Crippen molar-refractivity contribution in [3.63, 3.8) is 0 Å². The Morgan fingerprint density at radius 3 is 2.00 bits per heavy atom. The molecule has 0 amide bonds. The first-order chi connectivity index (χ1) is 7.84. The Morgan fingerprint density at radius 2 is 1.61 bits per heavy atom. The van der Waals surface area contributed by atoms with Crippen molar-refractivity contribution in [1.29, 1.82) is 0 Å². The van der Waals surface area contributed by atoms with E-state index in [2.05, 4.69) is 58.8 Å². The largest absolute Gasteiger partial charge is 0.388 e. The Morgan fingerprint density at radius 1 is 1.11 bits per heavy atom. The van der Waals surface area contributed by atoms with Gasteiger partial charge in [0.25, 0.3) is 0 Å². The van der Waals surface area contributed by atoms with Crippen LogP contribution >= 0.6 is 0 Å². The van der Waals surface area contributed by atoms with Crippen molar-refractivity contribution in [2.75, 3.05) is 0 Å². The topological polar surface area (TPSA) is 20.2 Å². The van der Waals surface area contributed by atoms with Gasteiger partial charge in [0, 0.05) is 0 Å². The van der Waals surface area contributed by atoms with E-state index in [1.165, 1.54) is 12.0 Å². The van der Waals surface area contributed by atoms with Gasteiger partial charge >= 0.3 is 0 Å². The van der Waals surface area contributed by atoms with Crippen molar-refractivity contribution < 1.29 is 5.11 Å². The Balaban J connectivity index is 2.54. The molecule has 104 valence electrons. The molecule has 1 nitrogen and oxygen atoms in total. The predicted molar refractivity (Wildman–Crippen MR) is 85.4 cm³/mol. The summed E-state index contributed by atoms with van der Waals surface area (Å²) in [5.41, 5.74) is 4.05. The summed E-state index contributed by atoms with van der Waals surface area (Å²) in [5.74, 6) is 0.731. The first kappa shape index (κ1) is 14.5. The quantitative estimate of drug-likeness (QED) is 0.749. The molecule has 2 fully saturated rings. The monoisotopic (exact) mass is 282 g/mol. The van der Waals surface area contributed by atoms with Gasteiger partial charge in [-0.15, -0.1) is 0 Å². The minimum atomic E-state index is -1.27. The molecule has 0 bridgehead atoms.